The summed E-state index contributed by atoms with van der Waals surface area (Å²) in [5, 5.41) is 0. The maximum absolute atomic E-state index is 13.5. The molecule has 3 aromatic carbocycles. The molecule has 0 aliphatic rings. The van der Waals surface area contributed by atoms with Crippen molar-refractivity contribution in [3.05, 3.63) is 71.3 Å². The van der Waals surface area contributed by atoms with Crippen LogP contribution in [0.4, 0.5) is 50.9 Å². The van der Waals surface area contributed by atoms with Crippen molar-refractivity contribution in [1.82, 2.24) is 0 Å². The molecule has 0 bridgehead atoms. The number of nitrogen functional groups attached to an aromatic ring is 2. The molecule has 0 unspecified atom stereocenters. The molecule has 0 fully saturated rings. The van der Waals surface area contributed by atoms with Gasteiger partial charge in [-0.2, -0.15) is 39.5 Å². The first-order valence-electron chi connectivity index (χ1n) is 9.06. The fourth-order valence-electron chi connectivity index (χ4n) is 2.85. The molecule has 0 heterocycles. The van der Waals surface area contributed by atoms with Crippen LogP contribution < -0.4 is 20.9 Å². The van der Waals surface area contributed by atoms with E-state index in [0.717, 1.165) is 18.2 Å². The number of anilines is 2. The van der Waals surface area contributed by atoms with Crippen LogP contribution in [0.15, 0.2) is 54.6 Å². The van der Waals surface area contributed by atoms with Gasteiger partial charge in [0.15, 0.2) is 0 Å². The molecule has 0 amide bonds. The molecule has 0 aliphatic carbocycles. The molecule has 4 nitrogen and oxygen atoms in total. The van der Waals surface area contributed by atoms with Gasteiger partial charge in [-0.3, -0.25) is 0 Å². The average Bonchev–Trinajstić information content (AvgIpc) is 2.65. The Kier molecular flexibility index (Phi) is 6.24. The molecule has 34 heavy (non-hydrogen) atoms. The topological polar surface area (TPSA) is 70.5 Å². The second kappa shape index (κ2) is 8.54. The van der Waals surface area contributed by atoms with Crippen LogP contribution in [0.1, 0.15) is 16.7 Å². The van der Waals surface area contributed by atoms with E-state index >= 15 is 0 Å². The lowest BCUT2D eigenvalue weighted by Gasteiger charge is -2.19. The Bertz CT molecular complexity index is 1200. The summed E-state index contributed by atoms with van der Waals surface area (Å²) in [7, 11) is 0. The first kappa shape index (κ1) is 24.9. The zero-order valence-corrected chi connectivity index (χ0v) is 16.6. The van der Waals surface area contributed by atoms with Crippen molar-refractivity contribution in [3.8, 4) is 23.0 Å². The number of benzene rings is 3. The highest BCUT2D eigenvalue weighted by atomic mass is 19.4. The van der Waals surface area contributed by atoms with Crippen LogP contribution in [-0.4, -0.2) is 0 Å². The van der Waals surface area contributed by atoms with E-state index in [-0.39, 0.29) is 11.4 Å². The predicted octanol–water partition coefficient (Wildman–Crippen LogP) is 7.49. The summed E-state index contributed by atoms with van der Waals surface area (Å²) in [6.07, 6.45) is -15.0. The van der Waals surface area contributed by atoms with Crippen molar-refractivity contribution in [2.75, 3.05) is 11.5 Å². The first-order chi connectivity index (χ1) is 15.6. The van der Waals surface area contributed by atoms with Crippen LogP contribution in [0.2, 0.25) is 0 Å². The maximum atomic E-state index is 13.5. The van der Waals surface area contributed by atoms with Gasteiger partial charge in [-0.05, 0) is 36.4 Å². The van der Waals surface area contributed by atoms with Gasteiger partial charge in [0.05, 0.1) is 16.7 Å². The van der Waals surface area contributed by atoms with Gasteiger partial charge in [-0.15, -0.1) is 0 Å². The van der Waals surface area contributed by atoms with E-state index in [9.17, 15) is 39.5 Å². The second-order valence-electron chi connectivity index (χ2n) is 6.87. The maximum Gasteiger partial charge on any atom is 0.419 e. The Morgan fingerprint density at radius 1 is 0.471 bits per heavy atom. The zero-order valence-electron chi connectivity index (χ0n) is 16.6. The number of halogens is 9. The standard InChI is InChI=1S/C21H13F9N2O2/c22-19(23,24)13-4-1-10(31)7-16(13)33-12-3-6-15(21(28,29)30)18(9-12)34-17-8-11(32)2-5-14(17)20(25,26)27/h1-9H,31-32H2. The third-order valence-electron chi connectivity index (χ3n) is 4.33. The normalized spacial score (nSPS) is 12.5. The van der Waals surface area contributed by atoms with Gasteiger partial charge >= 0.3 is 18.5 Å². The Labute approximate surface area is 185 Å². The van der Waals surface area contributed by atoms with Gasteiger partial charge in [-0.25, -0.2) is 0 Å². The molecule has 0 saturated heterocycles. The zero-order chi connectivity index (χ0) is 25.5. The van der Waals surface area contributed by atoms with Gasteiger partial charge in [0.1, 0.15) is 23.0 Å². The van der Waals surface area contributed by atoms with Gasteiger partial charge < -0.3 is 20.9 Å². The van der Waals surface area contributed by atoms with Crippen LogP contribution in [0.25, 0.3) is 0 Å². The number of nitrogens with two attached hydrogens (primary N) is 2. The smallest absolute Gasteiger partial charge is 0.419 e. The van der Waals surface area contributed by atoms with Crippen molar-refractivity contribution in [3.63, 3.8) is 0 Å². The summed E-state index contributed by atoms with van der Waals surface area (Å²) in [6, 6.07) is 5.97. The molecule has 0 aliphatic heterocycles. The third kappa shape index (κ3) is 5.58. The molecular weight excluding hydrogens is 483 g/mol. The Morgan fingerprint density at radius 3 is 1.24 bits per heavy atom. The summed E-state index contributed by atoms with van der Waals surface area (Å²) in [6.45, 7) is 0. The molecule has 3 aromatic rings. The largest absolute Gasteiger partial charge is 0.457 e. The molecular formula is C21H13F9N2O2. The lowest BCUT2D eigenvalue weighted by Crippen LogP contribution is -2.11. The van der Waals surface area contributed by atoms with Crippen LogP contribution in [0.3, 0.4) is 0 Å². The van der Waals surface area contributed by atoms with Crippen LogP contribution >= 0.6 is 0 Å². The molecule has 3 rings (SSSR count). The summed E-state index contributed by atoms with van der Waals surface area (Å²) in [5.41, 5.74) is 6.33. The van der Waals surface area contributed by atoms with Crippen LogP contribution in [0.5, 0.6) is 23.0 Å². The highest BCUT2D eigenvalue weighted by molar-refractivity contribution is 5.54. The van der Waals surface area contributed by atoms with Crippen molar-refractivity contribution >= 4 is 11.4 Å². The molecule has 182 valence electrons. The van der Waals surface area contributed by atoms with Gasteiger partial charge in [0, 0.05) is 29.6 Å². The monoisotopic (exact) mass is 496 g/mol. The van der Waals surface area contributed by atoms with Crippen molar-refractivity contribution in [2.24, 2.45) is 0 Å². The number of hydrogen-bond donors (Lipinski definition) is 2. The summed E-state index contributed by atoms with van der Waals surface area (Å²) in [5.74, 6) is -3.62. The van der Waals surface area contributed by atoms with Crippen LogP contribution in [0, 0.1) is 0 Å². The van der Waals surface area contributed by atoms with Gasteiger partial charge in [-0.1, -0.05) is 0 Å². The minimum atomic E-state index is -5.08. The van der Waals surface area contributed by atoms with E-state index in [1.165, 1.54) is 0 Å². The number of alkyl halides is 9. The second-order valence-corrected chi connectivity index (χ2v) is 6.87. The Morgan fingerprint density at radius 2 is 0.824 bits per heavy atom. The van der Waals surface area contributed by atoms with Gasteiger partial charge in [0.25, 0.3) is 0 Å². The third-order valence-corrected chi connectivity index (χ3v) is 4.33. The highest BCUT2D eigenvalue weighted by Gasteiger charge is 2.38. The Balaban J connectivity index is 2.11. The molecule has 4 N–H and O–H groups in total. The summed E-state index contributed by atoms with van der Waals surface area (Å²) < 4.78 is 130. The van der Waals surface area contributed by atoms with Crippen molar-refractivity contribution in [1.29, 1.82) is 0 Å². The quantitative estimate of drug-likeness (QED) is 0.290. The molecule has 0 aromatic heterocycles. The van der Waals surface area contributed by atoms with E-state index in [2.05, 4.69) is 0 Å². The number of ether oxygens (including phenoxy) is 2. The van der Waals surface area contributed by atoms with E-state index in [1.54, 1.807) is 0 Å². The van der Waals surface area contributed by atoms with Crippen LogP contribution in [-0.2, 0) is 18.5 Å². The predicted molar refractivity (Wildman–Crippen MR) is 103 cm³/mol. The fraction of sp³-hybridized carbons (Fsp3) is 0.143. The SMILES string of the molecule is Nc1ccc(C(F)(F)F)c(Oc2ccc(C(F)(F)F)c(Oc3cc(N)ccc3C(F)(F)F)c2)c1. The van der Waals surface area contributed by atoms with E-state index in [0.29, 0.717) is 36.4 Å². The molecule has 0 radical (unpaired) electrons. The van der Waals surface area contributed by atoms with Crippen molar-refractivity contribution < 1.29 is 49.0 Å². The highest BCUT2D eigenvalue weighted by Crippen LogP contribution is 2.45. The molecule has 0 spiro atoms. The minimum Gasteiger partial charge on any atom is -0.457 e. The molecule has 0 saturated carbocycles. The van der Waals surface area contributed by atoms with Crippen molar-refractivity contribution in [2.45, 2.75) is 18.5 Å². The summed E-state index contributed by atoms with van der Waals surface area (Å²) in [4.78, 5) is 0. The van der Waals surface area contributed by atoms with Gasteiger partial charge in [0.2, 0.25) is 0 Å². The molecule has 13 heteroatoms. The lowest BCUT2D eigenvalue weighted by atomic mass is 10.1. The Hall–Kier alpha value is -3.77. The number of hydrogen-bond acceptors (Lipinski definition) is 4. The fourth-order valence-corrected chi connectivity index (χ4v) is 2.85. The minimum absolute atomic E-state index is 0.138. The van der Waals surface area contributed by atoms with E-state index in [1.807, 2.05) is 0 Å². The molecule has 0 atom stereocenters. The number of rotatable bonds is 4. The van der Waals surface area contributed by atoms with E-state index in [4.69, 9.17) is 20.9 Å². The lowest BCUT2D eigenvalue weighted by molar-refractivity contribution is -0.140. The summed E-state index contributed by atoms with van der Waals surface area (Å²) >= 11 is 0. The average molecular weight is 496 g/mol. The first-order valence-corrected chi connectivity index (χ1v) is 9.06. The van der Waals surface area contributed by atoms with E-state index < -0.39 is 58.2 Å².